The van der Waals surface area contributed by atoms with Crippen molar-refractivity contribution in [3.05, 3.63) is 83.0 Å². The summed E-state index contributed by atoms with van der Waals surface area (Å²) in [5.74, 6) is -0.860. The van der Waals surface area contributed by atoms with E-state index in [1.54, 1.807) is 37.5 Å². The highest BCUT2D eigenvalue weighted by atomic mass is 35.5. The lowest BCUT2D eigenvalue weighted by Gasteiger charge is -2.27. The van der Waals surface area contributed by atoms with Crippen LogP contribution >= 0.6 is 23.2 Å². The van der Waals surface area contributed by atoms with Gasteiger partial charge in [0.15, 0.2) is 14.9 Å². The molecule has 218 valence electrons. The molecule has 1 aliphatic rings. The normalized spacial score (nSPS) is 16.5. The molecule has 0 saturated heterocycles. The van der Waals surface area contributed by atoms with Crippen LogP contribution in [-0.2, 0) is 36.1 Å². The van der Waals surface area contributed by atoms with Gasteiger partial charge < -0.3 is 4.74 Å². The third-order valence-corrected chi connectivity index (χ3v) is 9.19. The highest BCUT2D eigenvalue weighted by molar-refractivity contribution is 7.91. The van der Waals surface area contributed by atoms with E-state index in [4.69, 9.17) is 27.9 Å². The van der Waals surface area contributed by atoms with Crippen molar-refractivity contribution in [2.24, 2.45) is 0 Å². The monoisotopic (exact) mass is 627 g/mol. The average molecular weight is 629 g/mol. The van der Waals surface area contributed by atoms with Crippen LogP contribution in [0.15, 0.2) is 72.4 Å². The molecule has 2 aromatic carbocycles. The Bertz CT molecular complexity index is 1730. The van der Waals surface area contributed by atoms with Crippen molar-refractivity contribution in [3.63, 3.8) is 0 Å². The van der Waals surface area contributed by atoms with E-state index in [1.807, 2.05) is 24.3 Å². The standard InChI is InChI=1S/C29H27Cl2N5O5S/c1-19(37)41-9-3-4-10-42(39,40)26-17-34-28-35(25-12-23(30)11-24(31)13-25)27(38)29(2,36(26)28)14-20-5-7-21(8-6-20)22-15-32-18-33-16-22/h5-8,11-13,15-18H,3-4,9-10,14H2,1-2H3/t29-/m1/s1. The number of hydrogen-bond donors (Lipinski definition) is 0. The van der Waals surface area contributed by atoms with Gasteiger partial charge in [-0.2, -0.15) is 0 Å². The second kappa shape index (κ2) is 11.8. The number of anilines is 2. The maximum absolute atomic E-state index is 14.2. The van der Waals surface area contributed by atoms with Gasteiger partial charge in [0.25, 0.3) is 5.91 Å². The van der Waals surface area contributed by atoms with Crippen molar-refractivity contribution in [3.8, 4) is 11.1 Å². The third kappa shape index (κ3) is 5.90. The Morgan fingerprint density at radius 2 is 1.64 bits per heavy atom. The summed E-state index contributed by atoms with van der Waals surface area (Å²) in [7, 11) is -3.88. The van der Waals surface area contributed by atoms with Crippen LogP contribution < -0.4 is 4.90 Å². The molecule has 1 aliphatic heterocycles. The molecule has 0 N–H and O–H groups in total. The molecule has 3 heterocycles. The summed E-state index contributed by atoms with van der Waals surface area (Å²) in [5, 5.41) is 0.561. The summed E-state index contributed by atoms with van der Waals surface area (Å²) < 4.78 is 33.6. The Kier molecular flexibility index (Phi) is 8.36. The zero-order valence-electron chi connectivity index (χ0n) is 22.8. The Balaban J connectivity index is 1.52. The molecular formula is C29H27Cl2N5O5S. The van der Waals surface area contributed by atoms with Gasteiger partial charge in [-0.3, -0.25) is 14.2 Å². The van der Waals surface area contributed by atoms with Crippen LogP contribution in [0.3, 0.4) is 0 Å². The first-order valence-electron chi connectivity index (χ1n) is 13.1. The molecule has 0 unspecified atom stereocenters. The van der Waals surface area contributed by atoms with Crippen LogP contribution in [0.5, 0.6) is 0 Å². The molecular weight excluding hydrogens is 601 g/mol. The fourth-order valence-electron chi connectivity index (χ4n) is 5.03. The number of nitrogens with zero attached hydrogens (tertiary/aromatic N) is 5. The van der Waals surface area contributed by atoms with Crippen LogP contribution in [0.2, 0.25) is 10.0 Å². The maximum atomic E-state index is 14.2. The quantitative estimate of drug-likeness (QED) is 0.169. The first-order chi connectivity index (χ1) is 20.0. The Morgan fingerprint density at radius 3 is 2.29 bits per heavy atom. The highest BCUT2D eigenvalue weighted by Crippen LogP contribution is 2.44. The molecule has 2 aromatic heterocycles. The largest absolute Gasteiger partial charge is 0.466 e. The number of benzene rings is 2. The number of ether oxygens (including phenoxy) is 1. The van der Waals surface area contributed by atoms with Crippen molar-refractivity contribution >= 4 is 56.6 Å². The van der Waals surface area contributed by atoms with Crippen LogP contribution in [0, 0.1) is 0 Å². The van der Waals surface area contributed by atoms with E-state index in [2.05, 4.69) is 15.0 Å². The molecule has 5 rings (SSSR count). The molecule has 0 bridgehead atoms. The minimum Gasteiger partial charge on any atom is -0.466 e. The Labute approximate surface area is 253 Å². The summed E-state index contributed by atoms with van der Waals surface area (Å²) in [6.07, 6.45) is 6.97. The minimum absolute atomic E-state index is 0.0745. The molecule has 42 heavy (non-hydrogen) atoms. The van der Waals surface area contributed by atoms with Gasteiger partial charge in [0.2, 0.25) is 5.95 Å². The molecule has 0 radical (unpaired) electrons. The van der Waals surface area contributed by atoms with E-state index in [1.165, 1.54) is 28.9 Å². The van der Waals surface area contributed by atoms with Crippen molar-refractivity contribution in [2.45, 2.75) is 43.7 Å². The molecule has 4 aromatic rings. The molecule has 1 amide bonds. The predicted octanol–water partition coefficient (Wildman–Crippen LogP) is 5.40. The Morgan fingerprint density at radius 1 is 0.976 bits per heavy atom. The molecule has 10 nitrogen and oxygen atoms in total. The van der Waals surface area contributed by atoms with Gasteiger partial charge in [0.05, 0.1) is 24.2 Å². The number of halogens is 2. The number of sulfone groups is 1. The number of esters is 1. The summed E-state index contributed by atoms with van der Waals surface area (Å²) in [6, 6.07) is 12.3. The maximum Gasteiger partial charge on any atom is 0.302 e. The number of hydrogen-bond acceptors (Lipinski definition) is 8. The number of imidazole rings is 1. The number of fused-ring (bicyclic) bond motifs is 1. The van der Waals surface area contributed by atoms with Crippen LogP contribution in [0.25, 0.3) is 11.1 Å². The highest BCUT2D eigenvalue weighted by Gasteiger charge is 2.51. The summed E-state index contributed by atoms with van der Waals surface area (Å²) in [5.41, 5.74) is 1.57. The van der Waals surface area contributed by atoms with E-state index in [0.29, 0.717) is 22.2 Å². The van der Waals surface area contributed by atoms with Gasteiger partial charge in [0, 0.05) is 41.3 Å². The zero-order valence-corrected chi connectivity index (χ0v) is 25.2. The van der Waals surface area contributed by atoms with Gasteiger partial charge in [-0.05, 0) is 49.1 Å². The van der Waals surface area contributed by atoms with Crippen molar-refractivity contribution in [1.82, 2.24) is 19.5 Å². The fourth-order valence-corrected chi connectivity index (χ4v) is 7.11. The third-order valence-electron chi connectivity index (χ3n) is 7.00. The van der Waals surface area contributed by atoms with Gasteiger partial charge in [-0.15, -0.1) is 0 Å². The lowest BCUT2D eigenvalue weighted by atomic mass is 9.91. The number of carbonyl (C=O) groups is 2. The first-order valence-corrected chi connectivity index (χ1v) is 15.5. The second-order valence-electron chi connectivity index (χ2n) is 10.1. The van der Waals surface area contributed by atoms with E-state index < -0.39 is 21.3 Å². The molecule has 0 aliphatic carbocycles. The van der Waals surface area contributed by atoms with Gasteiger partial charge in [-0.25, -0.2) is 28.3 Å². The zero-order chi connectivity index (χ0) is 30.1. The molecule has 0 saturated carbocycles. The summed E-state index contributed by atoms with van der Waals surface area (Å²) >= 11 is 12.5. The second-order valence-corrected chi connectivity index (χ2v) is 13.1. The number of aromatic nitrogens is 4. The van der Waals surface area contributed by atoms with Crippen molar-refractivity contribution in [1.29, 1.82) is 0 Å². The van der Waals surface area contributed by atoms with E-state index >= 15 is 0 Å². The van der Waals surface area contributed by atoms with Gasteiger partial charge in [-0.1, -0.05) is 47.5 Å². The summed E-state index contributed by atoms with van der Waals surface area (Å²) in [4.78, 5) is 39.1. The lowest BCUT2D eigenvalue weighted by molar-refractivity contribution is -0.141. The SMILES string of the molecule is CC(=O)OCCCCS(=O)(=O)c1cnc2n1[C@](C)(Cc1ccc(-c3cncnc3)cc1)C(=O)N2c1cc(Cl)cc(Cl)c1. The number of rotatable bonds is 10. The van der Waals surface area contributed by atoms with Crippen molar-refractivity contribution < 1.29 is 22.7 Å². The van der Waals surface area contributed by atoms with Gasteiger partial charge in [0.1, 0.15) is 11.9 Å². The predicted molar refractivity (Wildman–Crippen MR) is 159 cm³/mol. The van der Waals surface area contributed by atoms with Crippen molar-refractivity contribution in [2.75, 3.05) is 17.3 Å². The molecule has 13 heteroatoms. The number of carbonyl (C=O) groups excluding carboxylic acids is 2. The molecule has 1 atom stereocenters. The van der Waals surface area contributed by atoms with E-state index in [-0.39, 0.29) is 42.1 Å². The van der Waals surface area contributed by atoms with Crippen LogP contribution in [0.1, 0.15) is 32.3 Å². The first kappa shape index (κ1) is 29.7. The molecule has 0 spiro atoms. The van der Waals surface area contributed by atoms with Crippen LogP contribution in [-0.4, -0.2) is 52.2 Å². The molecule has 0 fully saturated rings. The van der Waals surface area contributed by atoms with E-state index in [9.17, 15) is 18.0 Å². The lowest BCUT2D eigenvalue weighted by Crippen LogP contribution is -2.42. The average Bonchev–Trinajstić information content (AvgIpc) is 3.47. The smallest absolute Gasteiger partial charge is 0.302 e. The Hall–Kier alpha value is -3.80. The summed E-state index contributed by atoms with van der Waals surface area (Å²) in [6.45, 7) is 3.12. The minimum atomic E-state index is -3.88. The topological polar surface area (TPSA) is 124 Å². The van der Waals surface area contributed by atoms with Gasteiger partial charge >= 0.3 is 5.97 Å². The fraction of sp³-hybridized carbons (Fsp3) is 0.276. The van der Waals surface area contributed by atoms with Crippen LogP contribution in [0.4, 0.5) is 11.6 Å². The number of unbranched alkanes of at least 4 members (excludes halogenated alkanes) is 1. The van der Waals surface area contributed by atoms with E-state index in [0.717, 1.165) is 16.7 Å². The number of amides is 1.